The molecule has 0 bridgehead atoms. The van der Waals surface area contributed by atoms with Crippen molar-refractivity contribution in [2.45, 2.75) is 63.1 Å². The van der Waals surface area contributed by atoms with Gasteiger partial charge in [-0.15, -0.1) is 0 Å². The zero-order valence-electron chi connectivity index (χ0n) is 12.6. The maximum absolute atomic E-state index is 12.5. The molecule has 1 amide bonds. The first-order valence-electron chi connectivity index (χ1n) is 7.65. The van der Waals surface area contributed by atoms with Gasteiger partial charge in [-0.3, -0.25) is 4.79 Å². The molecular formula is C15H24N4O2. The summed E-state index contributed by atoms with van der Waals surface area (Å²) in [5, 5.41) is 29.7. The minimum absolute atomic E-state index is 0.0367. The third-order valence-electron chi connectivity index (χ3n) is 4.80. The van der Waals surface area contributed by atoms with Crippen LogP contribution in [0.25, 0.3) is 0 Å². The molecule has 2 atom stereocenters. The van der Waals surface area contributed by atoms with E-state index in [0.29, 0.717) is 18.6 Å². The lowest BCUT2D eigenvalue weighted by atomic mass is 9.99. The molecule has 1 saturated heterocycles. The lowest BCUT2D eigenvalue weighted by Crippen LogP contribution is -2.53. The SMILES string of the molecule is CC(=N)[C@@H]1CC[C@H](C#N)N1C(=O)CNC1(CO)CCCC1. The van der Waals surface area contributed by atoms with Crippen LogP contribution in [0.3, 0.4) is 0 Å². The Labute approximate surface area is 125 Å². The van der Waals surface area contributed by atoms with Gasteiger partial charge >= 0.3 is 0 Å². The van der Waals surface area contributed by atoms with Gasteiger partial charge in [0, 0.05) is 11.3 Å². The molecule has 116 valence electrons. The second-order valence-corrected chi connectivity index (χ2v) is 6.22. The molecule has 0 aromatic carbocycles. The van der Waals surface area contributed by atoms with Gasteiger partial charge in [-0.1, -0.05) is 12.8 Å². The minimum atomic E-state index is -0.432. The number of rotatable bonds is 5. The lowest BCUT2D eigenvalue weighted by Gasteiger charge is -2.31. The number of nitrogens with one attached hydrogen (secondary N) is 2. The van der Waals surface area contributed by atoms with E-state index in [1.165, 1.54) is 0 Å². The Morgan fingerprint density at radius 3 is 2.67 bits per heavy atom. The highest BCUT2D eigenvalue weighted by Gasteiger charge is 2.39. The van der Waals surface area contributed by atoms with Crippen LogP contribution in [0.2, 0.25) is 0 Å². The van der Waals surface area contributed by atoms with E-state index in [-0.39, 0.29) is 30.6 Å². The topological polar surface area (TPSA) is 100 Å². The molecule has 1 aliphatic heterocycles. The molecule has 0 radical (unpaired) electrons. The number of aliphatic hydroxyl groups is 1. The predicted octanol–water partition coefficient (Wildman–Crippen LogP) is 0.804. The fraction of sp³-hybridized carbons (Fsp3) is 0.800. The molecule has 0 unspecified atom stereocenters. The van der Waals surface area contributed by atoms with Gasteiger partial charge in [-0.2, -0.15) is 5.26 Å². The molecule has 2 rings (SSSR count). The fourth-order valence-electron chi connectivity index (χ4n) is 3.51. The molecular weight excluding hydrogens is 268 g/mol. The zero-order valence-corrected chi connectivity index (χ0v) is 12.6. The summed E-state index contributed by atoms with van der Waals surface area (Å²) in [5.41, 5.74) is 0.0889. The van der Waals surface area contributed by atoms with Gasteiger partial charge in [0.05, 0.1) is 25.3 Å². The average Bonchev–Trinajstić information content (AvgIpc) is 3.11. The Hall–Kier alpha value is -1.45. The van der Waals surface area contributed by atoms with Crippen LogP contribution in [-0.2, 0) is 4.79 Å². The van der Waals surface area contributed by atoms with E-state index in [2.05, 4.69) is 11.4 Å². The summed E-state index contributed by atoms with van der Waals surface area (Å²) in [6.45, 7) is 1.85. The number of likely N-dealkylation sites (tertiary alicyclic amines) is 1. The molecule has 0 spiro atoms. The second-order valence-electron chi connectivity index (χ2n) is 6.22. The van der Waals surface area contributed by atoms with Crippen molar-refractivity contribution in [1.29, 1.82) is 10.7 Å². The maximum atomic E-state index is 12.5. The first-order valence-corrected chi connectivity index (χ1v) is 7.65. The molecule has 3 N–H and O–H groups in total. The van der Waals surface area contributed by atoms with Crippen LogP contribution in [-0.4, -0.2) is 52.4 Å². The highest BCUT2D eigenvalue weighted by Crippen LogP contribution is 2.29. The molecule has 0 aromatic rings. The number of carbonyl (C=O) groups excluding carboxylic acids is 1. The van der Waals surface area contributed by atoms with Gasteiger partial charge in [0.15, 0.2) is 0 Å². The molecule has 1 heterocycles. The summed E-state index contributed by atoms with van der Waals surface area (Å²) in [5.74, 6) is -0.143. The van der Waals surface area contributed by atoms with Crippen molar-refractivity contribution >= 4 is 11.6 Å². The van der Waals surface area contributed by atoms with E-state index < -0.39 is 6.04 Å². The van der Waals surface area contributed by atoms with Gasteiger partial charge in [0.25, 0.3) is 0 Å². The number of carbonyl (C=O) groups is 1. The van der Waals surface area contributed by atoms with E-state index in [4.69, 9.17) is 5.41 Å². The standard InChI is InChI=1S/C15H24N4O2/c1-11(17)13-5-4-12(8-16)19(13)14(21)9-18-15(10-20)6-2-3-7-15/h12-13,17-18,20H,2-7,9-10H2,1H3/t12-,13+/m1/s1. The van der Waals surface area contributed by atoms with Crippen molar-refractivity contribution in [3.05, 3.63) is 0 Å². The van der Waals surface area contributed by atoms with Gasteiger partial charge < -0.3 is 20.7 Å². The second kappa shape index (κ2) is 6.54. The summed E-state index contributed by atoms with van der Waals surface area (Å²) >= 11 is 0. The largest absolute Gasteiger partial charge is 0.394 e. The van der Waals surface area contributed by atoms with Crippen molar-refractivity contribution < 1.29 is 9.90 Å². The molecule has 2 fully saturated rings. The van der Waals surface area contributed by atoms with Gasteiger partial charge in [-0.05, 0) is 32.6 Å². The van der Waals surface area contributed by atoms with Gasteiger partial charge in [0.2, 0.25) is 5.91 Å². The molecule has 21 heavy (non-hydrogen) atoms. The summed E-state index contributed by atoms with van der Waals surface area (Å²) in [6.07, 6.45) is 5.21. The summed E-state index contributed by atoms with van der Waals surface area (Å²) in [4.78, 5) is 14.0. The smallest absolute Gasteiger partial charge is 0.238 e. The molecule has 1 saturated carbocycles. The van der Waals surface area contributed by atoms with E-state index >= 15 is 0 Å². The average molecular weight is 292 g/mol. The van der Waals surface area contributed by atoms with E-state index in [0.717, 1.165) is 25.7 Å². The first-order chi connectivity index (χ1) is 10.0. The van der Waals surface area contributed by atoms with E-state index in [9.17, 15) is 15.2 Å². The van der Waals surface area contributed by atoms with E-state index in [1.54, 1.807) is 11.8 Å². The number of hydrogen-bond acceptors (Lipinski definition) is 5. The number of hydrogen-bond donors (Lipinski definition) is 3. The van der Waals surface area contributed by atoms with Crippen molar-refractivity contribution in [1.82, 2.24) is 10.2 Å². The summed E-state index contributed by atoms with van der Waals surface area (Å²) < 4.78 is 0. The van der Waals surface area contributed by atoms with Crippen LogP contribution < -0.4 is 5.32 Å². The van der Waals surface area contributed by atoms with E-state index in [1.807, 2.05) is 0 Å². The third-order valence-corrected chi connectivity index (χ3v) is 4.80. The Balaban J connectivity index is 2.00. The monoisotopic (exact) mass is 292 g/mol. The Bertz CT molecular complexity index is 451. The van der Waals surface area contributed by atoms with Crippen LogP contribution >= 0.6 is 0 Å². The van der Waals surface area contributed by atoms with Crippen LogP contribution in [0.15, 0.2) is 0 Å². The van der Waals surface area contributed by atoms with Gasteiger partial charge in [0.1, 0.15) is 6.04 Å². The number of nitrogens with zero attached hydrogens (tertiary/aromatic N) is 2. The van der Waals surface area contributed by atoms with Crippen LogP contribution in [0.1, 0.15) is 45.4 Å². The minimum Gasteiger partial charge on any atom is -0.394 e. The molecule has 1 aliphatic carbocycles. The van der Waals surface area contributed by atoms with Crippen molar-refractivity contribution in [3.8, 4) is 6.07 Å². The number of amides is 1. The van der Waals surface area contributed by atoms with Crippen LogP contribution in [0.5, 0.6) is 0 Å². The van der Waals surface area contributed by atoms with Crippen molar-refractivity contribution in [3.63, 3.8) is 0 Å². The van der Waals surface area contributed by atoms with Crippen molar-refractivity contribution in [2.75, 3.05) is 13.2 Å². The summed E-state index contributed by atoms with van der Waals surface area (Å²) in [7, 11) is 0. The molecule has 0 aromatic heterocycles. The van der Waals surface area contributed by atoms with Gasteiger partial charge in [-0.25, -0.2) is 0 Å². The van der Waals surface area contributed by atoms with Crippen LogP contribution in [0, 0.1) is 16.7 Å². The zero-order chi connectivity index (χ0) is 15.5. The number of aliphatic hydroxyl groups excluding tert-OH is 1. The third kappa shape index (κ3) is 3.25. The predicted molar refractivity (Wildman–Crippen MR) is 79.0 cm³/mol. The molecule has 6 heteroatoms. The molecule has 6 nitrogen and oxygen atoms in total. The Morgan fingerprint density at radius 1 is 1.48 bits per heavy atom. The molecule has 2 aliphatic rings. The highest BCUT2D eigenvalue weighted by molar-refractivity contribution is 5.91. The first kappa shape index (κ1) is 15.9. The Kier molecular flexibility index (Phi) is 4.96. The number of nitriles is 1. The highest BCUT2D eigenvalue weighted by atomic mass is 16.3. The van der Waals surface area contributed by atoms with Crippen LogP contribution in [0.4, 0.5) is 0 Å². The fourth-order valence-corrected chi connectivity index (χ4v) is 3.51. The maximum Gasteiger partial charge on any atom is 0.238 e. The quantitative estimate of drug-likeness (QED) is 0.653. The normalized spacial score (nSPS) is 27.6. The lowest BCUT2D eigenvalue weighted by molar-refractivity contribution is -0.131. The van der Waals surface area contributed by atoms with Crippen molar-refractivity contribution in [2.24, 2.45) is 0 Å². The Morgan fingerprint density at radius 2 is 2.14 bits per heavy atom. The summed E-state index contributed by atoms with van der Waals surface area (Å²) in [6, 6.07) is 1.48.